The second-order valence-corrected chi connectivity index (χ2v) is 10.6. The largest absolute Gasteiger partial charge is 0.503 e. The lowest BCUT2D eigenvalue weighted by atomic mass is 10.0. The Morgan fingerprint density at radius 2 is 1.86 bits per heavy atom. The molecule has 6 rings (SSSR count). The number of aromatic nitrogens is 2. The third-order valence-corrected chi connectivity index (χ3v) is 8.50. The highest BCUT2D eigenvalue weighted by atomic mass is 32.1. The lowest BCUT2D eigenvalue weighted by molar-refractivity contribution is 0.101. The van der Waals surface area contributed by atoms with Gasteiger partial charge in [0, 0.05) is 4.70 Å². The number of ketones is 1. The van der Waals surface area contributed by atoms with Gasteiger partial charge in [0.1, 0.15) is 11.5 Å². The van der Waals surface area contributed by atoms with E-state index >= 15 is 0 Å². The first-order chi connectivity index (χ1) is 17.9. The van der Waals surface area contributed by atoms with E-state index in [4.69, 9.17) is 14.1 Å². The molecule has 0 atom stereocenters. The number of hydrogen-bond donors (Lipinski definition) is 2. The molecule has 0 aliphatic heterocycles. The first-order valence-electron chi connectivity index (χ1n) is 11.7. The van der Waals surface area contributed by atoms with Crippen molar-refractivity contribution in [2.45, 2.75) is 20.8 Å². The summed E-state index contributed by atoms with van der Waals surface area (Å²) < 4.78 is 14.6. The number of hydrogen-bond acceptors (Lipinski definition) is 8. The number of fused-ring (bicyclic) bond motifs is 2. The molecule has 2 aromatic carbocycles. The Morgan fingerprint density at radius 1 is 1.05 bits per heavy atom. The normalized spacial score (nSPS) is 11.5. The number of thiophene rings is 1. The van der Waals surface area contributed by atoms with Gasteiger partial charge in [-0.25, -0.2) is 4.98 Å². The number of aromatic hydroxyl groups is 2. The maximum Gasteiger partial charge on any atom is 0.242 e. The maximum atomic E-state index is 13.7. The number of thiazole rings is 1. The summed E-state index contributed by atoms with van der Waals surface area (Å²) in [7, 11) is 0. The molecule has 4 aromatic heterocycles. The minimum absolute atomic E-state index is 0.0317. The van der Waals surface area contributed by atoms with Gasteiger partial charge in [-0.2, -0.15) is 0 Å². The van der Waals surface area contributed by atoms with Crippen molar-refractivity contribution in [3.8, 4) is 33.1 Å². The fraction of sp³-hybridized carbons (Fsp3) is 0.143. The molecule has 9 heteroatoms. The molecular weight excluding hydrogens is 508 g/mol. The summed E-state index contributed by atoms with van der Waals surface area (Å²) in [6.45, 7) is 6.17. The van der Waals surface area contributed by atoms with Crippen LogP contribution in [-0.4, -0.2) is 32.2 Å². The van der Waals surface area contributed by atoms with Crippen molar-refractivity contribution < 1.29 is 24.2 Å². The highest BCUT2D eigenvalue weighted by Crippen LogP contribution is 2.49. The number of carbonyl (C=O) groups excluding carboxylic acids is 1. The summed E-state index contributed by atoms with van der Waals surface area (Å²) in [5.41, 5.74) is 1.99. The minimum Gasteiger partial charge on any atom is -0.503 e. The standard InChI is InChI=1S/C28H22N2O5S2/c1-4-34-16-10-11-18-21(13-16)37-28(29-18)30-23(26-15(3)17-7-5-6-8-20(17)36-26)22(25(32)27(30)33)24(31)19-12-9-14(2)35-19/h5-13,32-33H,4H2,1-3H3. The zero-order valence-corrected chi connectivity index (χ0v) is 21.9. The third kappa shape index (κ3) is 3.70. The van der Waals surface area contributed by atoms with E-state index in [1.807, 2.05) is 56.3 Å². The molecule has 0 fully saturated rings. The van der Waals surface area contributed by atoms with Crippen molar-refractivity contribution in [1.82, 2.24) is 9.55 Å². The summed E-state index contributed by atoms with van der Waals surface area (Å²) in [5.74, 6) is -0.124. The van der Waals surface area contributed by atoms with Crippen LogP contribution < -0.4 is 4.74 Å². The van der Waals surface area contributed by atoms with E-state index in [9.17, 15) is 15.0 Å². The third-order valence-electron chi connectivity index (χ3n) is 6.22. The molecule has 186 valence electrons. The van der Waals surface area contributed by atoms with Crippen LogP contribution in [0, 0.1) is 13.8 Å². The minimum atomic E-state index is -0.522. The molecule has 0 spiro atoms. The van der Waals surface area contributed by atoms with E-state index < -0.39 is 17.4 Å². The molecule has 2 N–H and O–H groups in total. The van der Waals surface area contributed by atoms with Crippen LogP contribution in [0.4, 0.5) is 0 Å². The van der Waals surface area contributed by atoms with Crippen molar-refractivity contribution in [3.63, 3.8) is 0 Å². The molecule has 0 unspecified atom stereocenters. The molecule has 0 amide bonds. The Balaban J connectivity index is 1.65. The van der Waals surface area contributed by atoms with Gasteiger partial charge >= 0.3 is 0 Å². The van der Waals surface area contributed by atoms with Gasteiger partial charge in [0.05, 0.1) is 33.0 Å². The van der Waals surface area contributed by atoms with Crippen LogP contribution >= 0.6 is 22.7 Å². The van der Waals surface area contributed by atoms with E-state index in [0.29, 0.717) is 28.7 Å². The predicted octanol–water partition coefficient (Wildman–Crippen LogP) is 7.22. The quantitative estimate of drug-likeness (QED) is 0.221. The van der Waals surface area contributed by atoms with E-state index in [2.05, 4.69) is 0 Å². The van der Waals surface area contributed by atoms with E-state index in [0.717, 1.165) is 31.0 Å². The summed E-state index contributed by atoms with van der Waals surface area (Å²) in [6.07, 6.45) is 0. The SMILES string of the molecule is CCOc1ccc2nc(-n3c(O)c(O)c(C(=O)c4ccc(C)o4)c3-c3sc4ccccc4c3C)sc2c1. The molecule has 0 aliphatic rings. The average molecular weight is 531 g/mol. The van der Waals surface area contributed by atoms with Crippen molar-refractivity contribution in [3.05, 3.63) is 77.2 Å². The second-order valence-electron chi connectivity index (χ2n) is 8.58. The lowest BCUT2D eigenvalue weighted by Crippen LogP contribution is -2.04. The second kappa shape index (κ2) is 8.79. The molecule has 6 aromatic rings. The van der Waals surface area contributed by atoms with Gasteiger partial charge in [-0.3, -0.25) is 9.36 Å². The topological polar surface area (TPSA) is 97.7 Å². The van der Waals surface area contributed by atoms with Crippen LogP contribution in [0.3, 0.4) is 0 Å². The van der Waals surface area contributed by atoms with E-state index in [1.54, 1.807) is 19.1 Å². The Labute approximate surface area is 219 Å². The molecule has 0 saturated carbocycles. The predicted molar refractivity (Wildman–Crippen MR) is 146 cm³/mol. The molecule has 0 radical (unpaired) electrons. The summed E-state index contributed by atoms with van der Waals surface area (Å²) in [5, 5.41) is 23.8. The van der Waals surface area contributed by atoms with Gasteiger partial charge in [-0.15, -0.1) is 11.3 Å². The lowest BCUT2D eigenvalue weighted by Gasteiger charge is -2.08. The molecule has 37 heavy (non-hydrogen) atoms. The number of carbonyl (C=O) groups is 1. The Hall–Kier alpha value is -4.08. The first-order valence-corrected chi connectivity index (χ1v) is 13.3. The number of furan rings is 1. The van der Waals surface area contributed by atoms with Crippen molar-refractivity contribution in [2.24, 2.45) is 0 Å². The van der Waals surface area contributed by atoms with Gasteiger partial charge in [0.25, 0.3) is 0 Å². The smallest absolute Gasteiger partial charge is 0.242 e. The van der Waals surface area contributed by atoms with Crippen LogP contribution in [-0.2, 0) is 0 Å². The molecule has 0 saturated heterocycles. The monoisotopic (exact) mass is 530 g/mol. The van der Waals surface area contributed by atoms with Crippen molar-refractivity contribution >= 4 is 48.8 Å². The first kappa shape index (κ1) is 23.3. The fourth-order valence-corrected chi connectivity index (χ4v) is 6.74. The van der Waals surface area contributed by atoms with Gasteiger partial charge in [-0.05, 0) is 68.1 Å². The van der Waals surface area contributed by atoms with Crippen LogP contribution in [0.2, 0.25) is 0 Å². The number of aryl methyl sites for hydroxylation is 2. The summed E-state index contributed by atoms with van der Waals surface area (Å²) in [6, 6.07) is 16.8. The van der Waals surface area contributed by atoms with Crippen LogP contribution in [0.25, 0.3) is 36.0 Å². The van der Waals surface area contributed by atoms with Crippen LogP contribution in [0.15, 0.2) is 59.0 Å². The Kier molecular flexibility index (Phi) is 5.54. The zero-order chi connectivity index (χ0) is 25.8. The fourth-order valence-electron chi connectivity index (χ4n) is 4.49. The Morgan fingerprint density at radius 3 is 2.59 bits per heavy atom. The summed E-state index contributed by atoms with van der Waals surface area (Å²) in [4.78, 5) is 19.2. The van der Waals surface area contributed by atoms with Crippen molar-refractivity contribution in [2.75, 3.05) is 6.61 Å². The van der Waals surface area contributed by atoms with Crippen molar-refractivity contribution in [1.29, 1.82) is 0 Å². The number of rotatable bonds is 6. The highest BCUT2D eigenvalue weighted by Gasteiger charge is 2.34. The number of nitrogens with zero attached hydrogens (tertiary/aromatic N) is 2. The van der Waals surface area contributed by atoms with Crippen LogP contribution in [0.5, 0.6) is 17.4 Å². The van der Waals surface area contributed by atoms with Crippen LogP contribution in [0.1, 0.15) is 34.4 Å². The number of benzene rings is 2. The summed E-state index contributed by atoms with van der Waals surface area (Å²) >= 11 is 2.82. The average Bonchev–Trinajstić information content (AvgIpc) is 3.64. The van der Waals surface area contributed by atoms with E-state index in [-0.39, 0.29) is 11.3 Å². The van der Waals surface area contributed by atoms with E-state index in [1.165, 1.54) is 27.2 Å². The van der Waals surface area contributed by atoms with Gasteiger partial charge in [0.15, 0.2) is 16.6 Å². The zero-order valence-electron chi connectivity index (χ0n) is 20.2. The molecular formula is C28H22N2O5S2. The molecule has 4 heterocycles. The molecule has 0 bridgehead atoms. The van der Waals surface area contributed by atoms with Gasteiger partial charge < -0.3 is 19.4 Å². The Bertz CT molecular complexity index is 1820. The number of ether oxygens (including phenoxy) is 1. The molecule has 0 aliphatic carbocycles. The van der Waals surface area contributed by atoms with Gasteiger partial charge in [-0.1, -0.05) is 29.5 Å². The van der Waals surface area contributed by atoms with Gasteiger partial charge in [0.2, 0.25) is 11.7 Å². The molecule has 7 nitrogen and oxygen atoms in total. The highest BCUT2D eigenvalue weighted by molar-refractivity contribution is 7.22. The maximum absolute atomic E-state index is 13.7.